The van der Waals surface area contributed by atoms with Crippen molar-refractivity contribution in [1.82, 2.24) is 10.5 Å². The third kappa shape index (κ3) is 5.90. The van der Waals surface area contributed by atoms with Gasteiger partial charge in [-0.1, -0.05) is 35.6 Å². The van der Waals surface area contributed by atoms with Crippen molar-refractivity contribution in [1.29, 1.82) is 0 Å². The van der Waals surface area contributed by atoms with Gasteiger partial charge in [-0.25, -0.2) is 0 Å². The standard InChI is InChI=1S/C20H20N2O5S/c23-16-5-1-14(2-6-16)9-10-21-27-12-11-26-17-7-3-15(4-8-17)13-18-19(24)22-20(25)28-18/h1-10,21,23-24H,11-13H2,(H,22,25). The molecule has 0 amide bonds. The van der Waals surface area contributed by atoms with E-state index in [1.807, 2.05) is 30.3 Å². The van der Waals surface area contributed by atoms with Crippen molar-refractivity contribution in [2.45, 2.75) is 6.42 Å². The Balaban J connectivity index is 1.35. The maximum Gasteiger partial charge on any atom is 0.307 e. The highest BCUT2D eigenvalue weighted by Gasteiger charge is 2.07. The molecule has 1 aromatic heterocycles. The predicted octanol–water partition coefficient (Wildman–Crippen LogP) is 3.01. The molecule has 0 aliphatic carbocycles. The summed E-state index contributed by atoms with van der Waals surface area (Å²) in [4.78, 5) is 19.2. The summed E-state index contributed by atoms with van der Waals surface area (Å²) in [6.07, 6.45) is 3.96. The van der Waals surface area contributed by atoms with Crippen molar-refractivity contribution in [2.24, 2.45) is 0 Å². The zero-order valence-electron chi connectivity index (χ0n) is 14.9. The Morgan fingerprint density at radius 1 is 1.04 bits per heavy atom. The predicted molar refractivity (Wildman–Crippen MR) is 108 cm³/mol. The second kappa shape index (κ2) is 9.63. The number of hydroxylamine groups is 1. The Morgan fingerprint density at radius 2 is 1.79 bits per heavy atom. The Labute approximate surface area is 165 Å². The molecule has 8 heteroatoms. The van der Waals surface area contributed by atoms with Crippen LogP contribution in [0.5, 0.6) is 17.4 Å². The van der Waals surface area contributed by atoms with Crippen LogP contribution in [-0.4, -0.2) is 28.4 Å². The Hall–Kier alpha value is -3.23. The average molecular weight is 400 g/mol. The number of H-pyrrole nitrogens is 1. The molecule has 0 aliphatic rings. The molecule has 0 saturated heterocycles. The highest BCUT2D eigenvalue weighted by molar-refractivity contribution is 7.09. The van der Waals surface area contributed by atoms with Crippen LogP contribution < -0.4 is 15.1 Å². The number of rotatable bonds is 9. The molecule has 0 radical (unpaired) electrons. The van der Waals surface area contributed by atoms with Crippen LogP contribution in [-0.2, 0) is 11.3 Å². The number of nitrogens with one attached hydrogen (secondary N) is 2. The van der Waals surface area contributed by atoms with E-state index in [1.165, 1.54) is 0 Å². The number of hydrogen-bond donors (Lipinski definition) is 4. The van der Waals surface area contributed by atoms with Gasteiger partial charge >= 0.3 is 4.87 Å². The fraction of sp³-hybridized carbons (Fsp3) is 0.150. The van der Waals surface area contributed by atoms with Gasteiger partial charge in [0.25, 0.3) is 0 Å². The molecule has 0 saturated carbocycles. The molecule has 1 heterocycles. The van der Waals surface area contributed by atoms with Crippen LogP contribution in [0.2, 0.25) is 0 Å². The molecule has 0 fully saturated rings. The first-order chi connectivity index (χ1) is 13.6. The number of aromatic nitrogens is 1. The van der Waals surface area contributed by atoms with Crippen molar-refractivity contribution in [2.75, 3.05) is 13.2 Å². The first-order valence-electron chi connectivity index (χ1n) is 8.56. The van der Waals surface area contributed by atoms with E-state index in [0.29, 0.717) is 30.3 Å². The van der Waals surface area contributed by atoms with E-state index in [1.54, 1.807) is 30.5 Å². The van der Waals surface area contributed by atoms with Crippen LogP contribution in [0, 0.1) is 0 Å². The van der Waals surface area contributed by atoms with E-state index >= 15 is 0 Å². The number of hydrogen-bond acceptors (Lipinski definition) is 7. The number of aromatic amines is 1. The van der Waals surface area contributed by atoms with Crippen molar-refractivity contribution in [3.05, 3.63) is 80.4 Å². The van der Waals surface area contributed by atoms with E-state index in [0.717, 1.165) is 22.5 Å². The number of thiazole rings is 1. The third-order valence-electron chi connectivity index (χ3n) is 3.76. The van der Waals surface area contributed by atoms with Crippen LogP contribution >= 0.6 is 11.3 Å². The lowest BCUT2D eigenvalue weighted by Crippen LogP contribution is -2.13. The van der Waals surface area contributed by atoms with Crippen LogP contribution in [0.25, 0.3) is 6.08 Å². The number of phenolic OH excluding ortho intramolecular Hbond substituents is 1. The summed E-state index contributed by atoms with van der Waals surface area (Å²) >= 11 is 1.00. The maximum absolute atomic E-state index is 11.2. The molecule has 0 atom stereocenters. The molecular weight excluding hydrogens is 380 g/mol. The summed E-state index contributed by atoms with van der Waals surface area (Å²) in [5.74, 6) is 0.865. The first-order valence-corrected chi connectivity index (χ1v) is 9.37. The second-order valence-corrected chi connectivity index (χ2v) is 6.91. The zero-order chi connectivity index (χ0) is 19.8. The van der Waals surface area contributed by atoms with Gasteiger partial charge in [0.15, 0.2) is 0 Å². The largest absolute Gasteiger partial charge is 0.508 e. The summed E-state index contributed by atoms with van der Waals surface area (Å²) in [7, 11) is 0. The van der Waals surface area contributed by atoms with Gasteiger partial charge in [0.05, 0.1) is 4.88 Å². The molecule has 2 aromatic carbocycles. The zero-order valence-corrected chi connectivity index (χ0v) is 15.7. The van der Waals surface area contributed by atoms with Crippen LogP contribution in [0.3, 0.4) is 0 Å². The lowest BCUT2D eigenvalue weighted by molar-refractivity contribution is 0.0484. The van der Waals surface area contributed by atoms with Crippen LogP contribution in [0.4, 0.5) is 0 Å². The molecule has 28 heavy (non-hydrogen) atoms. The molecule has 4 N–H and O–H groups in total. The Morgan fingerprint density at radius 3 is 2.46 bits per heavy atom. The summed E-state index contributed by atoms with van der Waals surface area (Å²) in [5, 5.41) is 18.8. The van der Waals surface area contributed by atoms with Crippen molar-refractivity contribution >= 4 is 17.4 Å². The van der Waals surface area contributed by atoms with Gasteiger partial charge in [-0.05, 0) is 41.5 Å². The molecule has 0 spiro atoms. The molecule has 7 nitrogen and oxygen atoms in total. The van der Waals surface area contributed by atoms with E-state index < -0.39 is 0 Å². The van der Waals surface area contributed by atoms with Gasteiger partial charge in [0, 0.05) is 12.6 Å². The molecule has 0 bridgehead atoms. The summed E-state index contributed by atoms with van der Waals surface area (Å²) < 4.78 is 5.60. The highest BCUT2D eigenvalue weighted by atomic mass is 32.1. The fourth-order valence-electron chi connectivity index (χ4n) is 2.38. The Bertz CT molecular complexity index is 962. The summed E-state index contributed by atoms with van der Waals surface area (Å²) in [5.41, 5.74) is 4.61. The third-order valence-corrected chi connectivity index (χ3v) is 4.63. The quantitative estimate of drug-likeness (QED) is 0.325. The van der Waals surface area contributed by atoms with Gasteiger partial charge in [-0.3, -0.25) is 20.1 Å². The van der Waals surface area contributed by atoms with E-state index in [9.17, 15) is 15.0 Å². The minimum absolute atomic E-state index is 0.0700. The van der Waals surface area contributed by atoms with Gasteiger partial charge in [0.2, 0.25) is 5.88 Å². The van der Waals surface area contributed by atoms with Crippen molar-refractivity contribution < 1.29 is 19.8 Å². The molecule has 3 rings (SSSR count). The minimum atomic E-state index is -0.265. The normalized spacial score (nSPS) is 11.0. The van der Waals surface area contributed by atoms with Gasteiger partial charge < -0.3 is 14.9 Å². The molecular formula is C20H20N2O5S. The summed E-state index contributed by atoms with van der Waals surface area (Å²) in [6.45, 7) is 0.729. The Kier molecular flexibility index (Phi) is 6.72. The average Bonchev–Trinajstić information content (AvgIpc) is 3.00. The molecule has 3 aromatic rings. The van der Waals surface area contributed by atoms with E-state index in [4.69, 9.17) is 9.57 Å². The van der Waals surface area contributed by atoms with Gasteiger partial charge in [-0.2, -0.15) is 0 Å². The lowest BCUT2D eigenvalue weighted by atomic mass is 10.1. The van der Waals surface area contributed by atoms with Crippen molar-refractivity contribution in [3.8, 4) is 17.4 Å². The van der Waals surface area contributed by atoms with Gasteiger partial charge in [-0.15, -0.1) is 0 Å². The second-order valence-electron chi connectivity index (χ2n) is 5.85. The first kappa shape index (κ1) is 19.5. The topological polar surface area (TPSA) is 104 Å². The number of benzene rings is 2. The van der Waals surface area contributed by atoms with E-state index in [-0.39, 0.29) is 16.5 Å². The molecule has 0 unspecified atom stereocenters. The van der Waals surface area contributed by atoms with Crippen LogP contribution in [0.1, 0.15) is 16.0 Å². The fourth-order valence-corrected chi connectivity index (χ4v) is 3.14. The molecule has 146 valence electrons. The number of aromatic hydroxyl groups is 2. The van der Waals surface area contributed by atoms with E-state index in [2.05, 4.69) is 10.5 Å². The number of ether oxygens (including phenoxy) is 1. The molecule has 0 aliphatic heterocycles. The van der Waals surface area contributed by atoms with Gasteiger partial charge in [0.1, 0.15) is 24.7 Å². The maximum atomic E-state index is 11.2. The highest BCUT2D eigenvalue weighted by Crippen LogP contribution is 2.21. The minimum Gasteiger partial charge on any atom is -0.508 e. The summed E-state index contributed by atoms with van der Waals surface area (Å²) in [6, 6.07) is 14.2. The van der Waals surface area contributed by atoms with Crippen molar-refractivity contribution in [3.63, 3.8) is 0 Å². The monoisotopic (exact) mass is 400 g/mol. The van der Waals surface area contributed by atoms with Crippen LogP contribution in [0.15, 0.2) is 59.5 Å². The smallest absolute Gasteiger partial charge is 0.307 e. The SMILES string of the molecule is O=c1[nH]c(O)c(Cc2ccc(OCCONC=Cc3ccc(O)cc3)cc2)s1. The lowest BCUT2D eigenvalue weighted by Gasteiger charge is -2.07. The number of phenols is 1.